The van der Waals surface area contributed by atoms with Gasteiger partial charge in [-0.3, -0.25) is 0 Å². The van der Waals surface area contributed by atoms with Gasteiger partial charge in [-0.15, -0.1) is 0 Å². The predicted molar refractivity (Wildman–Crippen MR) is 90.5 cm³/mol. The number of rotatable bonds is 8. The van der Waals surface area contributed by atoms with Crippen LogP contribution in [0.1, 0.15) is 45.4 Å². The molecule has 0 aliphatic heterocycles. The molecule has 0 bridgehead atoms. The van der Waals surface area contributed by atoms with E-state index in [4.69, 9.17) is 9.15 Å². The van der Waals surface area contributed by atoms with Crippen molar-refractivity contribution in [2.24, 2.45) is 0 Å². The van der Waals surface area contributed by atoms with Crippen molar-refractivity contribution in [1.82, 2.24) is 0 Å². The monoisotopic (exact) mass is 402 g/mol. The molecular weight excluding hydrogens is 384 g/mol. The number of benzene rings is 1. The lowest BCUT2D eigenvalue weighted by atomic mass is 10.1. The molecule has 0 atom stereocenters. The molecule has 0 radical (unpaired) electrons. The van der Waals surface area contributed by atoms with Crippen LogP contribution in [0.25, 0.3) is 11.0 Å². The summed E-state index contributed by atoms with van der Waals surface area (Å²) in [6.07, 6.45) is 7.58. The van der Waals surface area contributed by atoms with E-state index < -0.39 is 0 Å². The van der Waals surface area contributed by atoms with Crippen LogP contribution in [0.15, 0.2) is 31.8 Å². The predicted octanol–water partition coefficient (Wildman–Crippen LogP) is 6.70. The lowest BCUT2D eigenvalue weighted by molar-refractivity contribution is 0.300. The molecular formula is C16H20Br2O2. The van der Waals surface area contributed by atoms with Gasteiger partial charge in [0.1, 0.15) is 5.58 Å². The van der Waals surface area contributed by atoms with Crippen molar-refractivity contribution in [2.45, 2.75) is 45.4 Å². The molecule has 1 aromatic carbocycles. The second-order valence-electron chi connectivity index (χ2n) is 4.93. The Hall–Kier alpha value is -0.480. The summed E-state index contributed by atoms with van der Waals surface area (Å²) >= 11 is 6.99. The van der Waals surface area contributed by atoms with E-state index in [1.807, 2.05) is 18.2 Å². The minimum Gasteiger partial charge on any atom is -0.488 e. The molecule has 0 unspecified atom stereocenters. The Morgan fingerprint density at radius 1 is 1.05 bits per heavy atom. The maximum atomic E-state index is 5.91. The summed E-state index contributed by atoms with van der Waals surface area (Å²) in [6.45, 7) is 2.98. The fourth-order valence-electron chi connectivity index (χ4n) is 2.24. The second-order valence-corrected chi connectivity index (χ2v) is 6.51. The normalized spacial score (nSPS) is 11.2. The van der Waals surface area contributed by atoms with Crippen molar-refractivity contribution in [2.75, 3.05) is 6.61 Å². The fraction of sp³-hybridized carbons (Fsp3) is 0.500. The topological polar surface area (TPSA) is 22.4 Å². The third-order valence-electron chi connectivity index (χ3n) is 3.32. The summed E-state index contributed by atoms with van der Waals surface area (Å²) in [7, 11) is 0. The van der Waals surface area contributed by atoms with Crippen LogP contribution in [0.4, 0.5) is 0 Å². The maximum absolute atomic E-state index is 5.91. The minimum absolute atomic E-state index is 0.672. The van der Waals surface area contributed by atoms with Crippen LogP contribution in [0.5, 0.6) is 5.75 Å². The van der Waals surface area contributed by atoms with Gasteiger partial charge in [0.2, 0.25) is 4.67 Å². The fourth-order valence-corrected chi connectivity index (χ4v) is 3.25. The number of halogens is 2. The van der Waals surface area contributed by atoms with E-state index in [0.29, 0.717) is 4.67 Å². The molecule has 0 amide bonds. The van der Waals surface area contributed by atoms with Gasteiger partial charge in [-0.05, 0) is 50.4 Å². The first kappa shape index (κ1) is 15.9. The number of ether oxygens (including phenoxy) is 1. The van der Waals surface area contributed by atoms with E-state index in [2.05, 4.69) is 38.8 Å². The van der Waals surface area contributed by atoms with E-state index in [9.17, 15) is 0 Å². The van der Waals surface area contributed by atoms with Crippen molar-refractivity contribution in [3.05, 3.63) is 27.3 Å². The average Bonchev–Trinajstić information content (AvgIpc) is 2.75. The number of unbranched alkanes of at least 4 members (excludes halogenated alkanes) is 5. The highest BCUT2D eigenvalue weighted by atomic mass is 79.9. The number of furan rings is 1. The molecule has 0 fully saturated rings. The highest BCUT2D eigenvalue weighted by Crippen LogP contribution is 2.40. The standard InChI is InChI=1S/C16H20Br2O2/c1-2-3-4-5-6-7-11-19-15-14-12(17)9-8-10-13(14)20-16(15)18/h8-10H,2-7,11H2,1H3. The van der Waals surface area contributed by atoms with Crippen LogP contribution < -0.4 is 4.74 Å². The SMILES string of the molecule is CCCCCCCCOc1c(Br)oc2cccc(Br)c12. The van der Waals surface area contributed by atoms with Gasteiger partial charge >= 0.3 is 0 Å². The van der Waals surface area contributed by atoms with Crippen LogP contribution in [0.2, 0.25) is 0 Å². The molecule has 2 aromatic rings. The van der Waals surface area contributed by atoms with Gasteiger partial charge in [-0.2, -0.15) is 0 Å². The van der Waals surface area contributed by atoms with Gasteiger partial charge in [0.25, 0.3) is 0 Å². The molecule has 110 valence electrons. The van der Waals surface area contributed by atoms with E-state index in [-0.39, 0.29) is 0 Å². The van der Waals surface area contributed by atoms with E-state index in [1.54, 1.807) is 0 Å². The van der Waals surface area contributed by atoms with Gasteiger partial charge in [-0.1, -0.05) is 45.1 Å². The summed E-state index contributed by atoms with van der Waals surface area (Å²) in [4.78, 5) is 0. The summed E-state index contributed by atoms with van der Waals surface area (Å²) < 4.78 is 13.2. The number of fused-ring (bicyclic) bond motifs is 1. The van der Waals surface area contributed by atoms with Gasteiger partial charge in [0, 0.05) is 4.47 Å². The van der Waals surface area contributed by atoms with Gasteiger partial charge < -0.3 is 9.15 Å². The largest absolute Gasteiger partial charge is 0.488 e. The van der Waals surface area contributed by atoms with Crippen LogP contribution >= 0.6 is 31.9 Å². The molecule has 0 saturated heterocycles. The zero-order valence-electron chi connectivity index (χ0n) is 11.8. The molecule has 4 heteroatoms. The highest BCUT2D eigenvalue weighted by molar-refractivity contribution is 9.11. The number of hydrogen-bond donors (Lipinski definition) is 0. The summed E-state index contributed by atoms with van der Waals surface area (Å²) in [5, 5.41) is 1.00. The van der Waals surface area contributed by atoms with Crippen molar-refractivity contribution in [3.8, 4) is 5.75 Å². The van der Waals surface area contributed by atoms with E-state index in [0.717, 1.165) is 34.2 Å². The molecule has 0 saturated carbocycles. The van der Waals surface area contributed by atoms with E-state index >= 15 is 0 Å². The third kappa shape index (κ3) is 4.01. The molecule has 1 heterocycles. The van der Waals surface area contributed by atoms with Crippen LogP contribution in [-0.2, 0) is 0 Å². The molecule has 0 spiro atoms. The van der Waals surface area contributed by atoms with Crippen LogP contribution in [0.3, 0.4) is 0 Å². The molecule has 2 rings (SSSR count). The Bertz CT molecular complexity index is 549. The van der Waals surface area contributed by atoms with Crippen molar-refractivity contribution in [1.29, 1.82) is 0 Å². The van der Waals surface area contributed by atoms with Gasteiger partial charge in [0.05, 0.1) is 12.0 Å². The van der Waals surface area contributed by atoms with Crippen molar-refractivity contribution < 1.29 is 9.15 Å². The van der Waals surface area contributed by atoms with Gasteiger partial charge in [0.15, 0.2) is 5.75 Å². The molecule has 1 aromatic heterocycles. The Morgan fingerprint density at radius 2 is 1.80 bits per heavy atom. The van der Waals surface area contributed by atoms with Crippen molar-refractivity contribution in [3.63, 3.8) is 0 Å². The van der Waals surface area contributed by atoms with Gasteiger partial charge in [-0.25, -0.2) is 0 Å². The Labute approximate surface area is 137 Å². The quantitative estimate of drug-likeness (QED) is 0.457. The third-order valence-corrected chi connectivity index (χ3v) is 4.51. The maximum Gasteiger partial charge on any atom is 0.212 e. The van der Waals surface area contributed by atoms with Crippen LogP contribution in [0, 0.1) is 0 Å². The Balaban J connectivity index is 1.88. The average molecular weight is 404 g/mol. The molecule has 20 heavy (non-hydrogen) atoms. The summed E-state index contributed by atoms with van der Waals surface area (Å²) in [5.74, 6) is 0.807. The lowest BCUT2D eigenvalue weighted by Gasteiger charge is -2.05. The number of hydrogen-bond acceptors (Lipinski definition) is 2. The Kier molecular flexibility index (Phi) is 6.43. The minimum atomic E-state index is 0.672. The lowest BCUT2D eigenvalue weighted by Crippen LogP contribution is -1.97. The molecule has 2 nitrogen and oxygen atoms in total. The van der Waals surface area contributed by atoms with E-state index in [1.165, 1.54) is 32.1 Å². The first-order chi connectivity index (χ1) is 9.74. The summed E-state index contributed by atoms with van der Waals surface area (Å²) in [5.41, 5.74) is 0.837. The first-order valence-electron chi connectivity index (χ1n) is 7.23. The first-order valence-corrected chi connectivity index (χ1v) is 8.82. The summed E-state index contributed by atoms with van der Waals surface area (Å²) in [6, 6.07) is 5.91. The molecule has 0 aliphatic rings. The molecule has 0 aliphatic carbocycles. The second kappa shape index (κ2) is 8.08. The zero-order chi connectivity index (χ0) is 14.4. The highest BCUT2D eigenvalue weighted by Gasteiger charge is 2.15. The smallest absolute Gasteiger partial charge is 0.212 e. The van der Waals surface area contributed by atoms with Crippen LogP contribution in [-0.4, -0.2) is 6.61 Å². The zero-order valence-corrected chi connectivity index (χ0v) is 14.9. The van der Waals surface area contributed by atoms with Crippen molar-refractivity contribution >= 4 is 42.8 Å². The molecule has 0 N–H and O–H groups in total. The Morgan fingerprint density at radius 3 is 2.60 bits per heavy atom.